The number of unbranched alkanes of at least 4 members (excludes halogenated alkanes) is 2. The maximum absolute atomic E-state index is 13.5. The Morgan fingerprint density at radius 2 is 1.55 bits per heavy atom. The van der Waals surface area contributed by atoms with Gasteiger partial charge in [-0.2, -0.15) is 0 Å². The van der Waals surface area contributed by atoms with Gasteiger partial charge in [0, 0.05) is 30.0 Å². The number of ether oxygens (including phenoxy) is 1. The summed E-state index contributed by atoms with van der Waals surface area (Å²) in [5.41, 5.74) is 5.09. The van der Waals surface area contributed by atoms with Crippen molar-refractivity contribution in [2.45, 2.75) is 59.9 Å². The number of hydrogen-bond acceptors (Lipinski definition) is 5. The number of aliphatic hydroxyl groups is 1. The zero-order valence-electron chi connectivity index (χ0n) is 24.2. The van der Waals surface area contributed by atoms with Gasteiger partial charge in [0.1, 0.15) is 11.5 Å². The summed E-state index contributed by atoms with van der Waals surface area (Å²) in [5.74, 6) is -0.848. The quantitative estimate of drug-likeness (QED) is 0.119. The Bertz CT molecular complexity index is 1370. The van der Waals surface area contributed by atoms with Crippen LogP contribution < -0.4 is 14.5 Å². The molecule has 1 saturated heterocycles. The standard InChI is InChI=1S/C34H40N2O4/c1-6-9-10-21-40-29-19-14-26(15-20-29)32(37)30-31(25-12-17-27(18-13-25)35(7-2)8-3)36(34(39)33(30)38)28-16-11-23(4)24(5)22-28/h11-20,22,31,37H,6-10,21H2,1-5H3/b32-30+. The molecular formula is C34H40N2O4. The molecule has 0 aliphatic carbocycles. The SMILES string of the molecule is CCCCCOc1ccc(/C(O)=C2\C(=O)C(=O)N(c3ccc(C)c(C)c3)C2c2ccc(N(CC)CC)cc2)cc1. The van der Waals surface area contributed by atoms with Crippen molar-refractivity contribution < 1.29 is 19.4 Å². The van der Waals surface area contributed by atoms with Crippen LogP contribution >= 0.6 is 0 Å². The summed E-state index contributed by atoms with van der Waals surface area (Å²) in [6.07, 6.45) is 3.21. The third-order valence-electron chi connectivity index (χ3n) is 7.69. The number of amides is 1. The molecule has 1 amide bonds. The minimum Gasteiger partial charge on any atom is -0.507 e. The molecule has 1 fully saturated rings. The number of benzene rings is 3. The number of aryl methyl sites for hydroxylation is 2. The van der Waals surface area contributed by atoms with E-state index < -0.39 is 17.7 Å². The van der Waals surface area contributed by atoms with Gasteiger partial charge >= 0.3 is 0 Å². The number of ketones is 1. The first kappa shape index (κ1) is 28.9. The lowest BCUT2D eigenvalue weighted by Crippen LogP contribution is -2.29. The van der Waals surface area contributed by atoms with Crippen LogP contribution in [0.15, 0.2) is 72.3 Å². The Kier molecular flexibility index (Phi) is 9.30. The fraction of sp³-hybridized carbons (Fsp3) is 0.353. The minimum atomic E-state index is -0.766. The van der Waals surface area contributed by atoms with Gasteiger partial charge in [-0.15, -0.1) is 0 Å². The van der Waals surface area contributed by atoms with Crippen LogP contribution in [0.2, 0.25) is 0 Å². The first-order valence-corrected chi connectivity index (χ1v) is 14.3. The van der Waals surface area contributed by atoms with Crippen LogP contribution in [-0.4, -0.2) is 36.5 Å². The fourth-order valence-corrected chi connectivity index (χ4v) is 5.15. The summed E-state index contributed by atoms with van der Waals surface area (Å²) in [5, 5.41) is 11.5. The Morgan fingerprint density at radius 3 is 2.15 bits per heavy atom. The zero-order valence-corrected chi connectivity index (χ0v) is 24.2. The molecule has 0 saturated carbocycles. The molecule has 6 nitrogen and oxygen atoms in total. The predicted octanol–water partition coefficient (Wildman–Crippen LogP) is 7.34. The third kappa shape index (κ3) is 5.91. The normalized spacial score (nSPS) is 16.4. The van der Waals surface area contributed by atoms with Crippen molar-refractivity contribution in [2.24, 2.45) is 0 Å². The van der Waals surface area contributed by atoms with E-state index in [9.17, 15) is 14.7 Å². The number of aliphatic hydroxyl groups excluding tert-OH is 1. The molecule has 3 aromatic carbocycles. The molecule has 6 heteroatoms. The van der Waals surface area contributed by atoms with E-state index in [1.54, 1.807) is 24.3 Å². The maximum Gasteiger partial charge on any atom is 0.300 e. The van der Waals surface area contributed by atoms with E-state index in [2.05, 4.69) is 25.7 Å². The van der Waals surface area contributed by atoms with Crippen LogP contribution in [0.25, 0.3) is 5.76 Å². The van der Waals surface area contributed by atoms with Crippen molar-refractivity contribution in [3.05, 3.63) is 94.6 Å². The molecule has 1 atom stereocenters. The Labute approximate surface area is 237 Å². The first-order valence-electron chi connectivity index (χ1n) is 14.3. The third-order valence-corrected chi connectivity index (χ3v) is 7.69. The van der Waals surface area contributed by atoms with E-state index in [4.69, 9.17) is 4.74 Å². The van der Waals surface area contributed by atoms with Crippen LogP contribution in [0.4, 0.5) is 11.4 Å². The molecule has 0 spiro atoms. The lowest BCUT2D eigenvalue weighted by atomic mass is 9.94. The highest BCUT2D eigenvalue weighted by Crippen LogP contribution is 2.43. The summed E-state index contributed by atoms with van der Waals surface area (Å²) in [7, 11) is 0. The minimum absolute atomic E-state index is 0.0791. The topological polar surface area (TPSA) is 70.1 Å². The van der Waals surface area contributed by atoms with Crippen LogP contribution in [0.1, 0.15) is 68.3 Å². The molecule has 1 aliphatic heterocycles. The lowest BCUT2D eigenvalue weighted by Gasteiger charge is -2.27. The number of carbonyl (C=O) groups excluding carboxylic acids is 2. The van der Waals surface area contributed by atoms with E-state index in [0.717, 1.165) is 54.7 Å². The molecule has 4 rings (SSSR count). The smallest absolute Gasteiger partial charge is 0.300 e. The molecular weight excluding hydrogens is 500 g/mol. The number of nitrogens with zero attached hydrogens (tertiary/aromatic N) is 2. The van der Waals surface area contributed by atoms with Crippen molar-refractivity contribution in [3.63, 3.8) is 0 Å². The van der Waals surface area contributed by atoms with E-state index in [0.29, 0.717) is 23.6 Å². The van der Waals surface area contributed by atoms with Crippen LogP contribution in [0.5, 0.6) is 5.75 Å². The Morgan fingerprint density at radius 1 is 0.875 bits per heavy atom. The second-order valence-electron chi connectivity index (χ2n) is 10.3. The van der Waals surface area contributed by atoms with Gasteiger partial charge in [0.15, 0.2) is 0 Å². The largest absolute Gasteiger partial charge is 0.507 e. The predicted molar refractivity (Wildman–Crippen MR) is 162 cm³/mol. The zero-order chi connectivity index (χ0) is 28.8. The summed E-state index contributed by atoms with van der Waals surface area (Å²) in [6, 6.07) is 19.9. The van der Waals surface area contributed by atoms with Gasteiger partial charge in [-0.05, 0) is 99.3 Å². The summed E-state index contributed by atoms with van der Waals surface area (Å²) >= 11 is 0. The van der Waals surface area contributed by atoms with Gasteiger partial charge in [0.05, 0.1) is 18.2 Å². The van der Waals surface area contributed by atoms with Gasteiger partial charge in [0.2, 0.25) is 0 Å². The Balaban J connectivity index is 1.78. The van der Waals surface area contributed by atoms with E-state index in [-0.39, 0.29) is 11.3 Å². The molecule has 0 radical (unpaired) electrons. The highest BCUT2D eigenvalue weighted by Gasteiger charge is 2.47. The molecule has 210 valence electrons. The highest BCUT2D eigenvalue weighted by atomic mass is 16.5. The van der Waals surface area contributed by atoms with Gasteiger partial charge < -0.3 is 14.7 Å². The number of rotatable bonds is 11. The lowest BCUT2D eigenvalue weighted by molar-refractivity contribution is -0.132. The number of hydrogen-bond donors (Lipinski definition) is 1. The molecule has 0 bridgehead atoms. The second kappa shape index (κ2) is 12.9. The van der Waals surface area contributed by atoms with Crippen molar-refractivity contribution in [1.82, 2.24) is 0 Å². The second-order valence-corrected chi connectivity index (χ2v) is 10.3. The first-order chi connectivity index (χ1) is 19.3. The number of anilines is 2. The summed E-state index contributed by atoms with van der Waals surface area (Å²) < 4.78 is 5.81. The van der Waals surface area contributed by atoms with Crippen molar-refractivity contribution >= 4 is 28.8 Å². The molecule has 1 unspecified atom stereocenters. The van der Waals surface area contributed by atoms with Crippen molar-refractivity contribution in [2.75, 3.05) is 29.5 Å². The summed E-state index contributed by atoms with van der Waals surface area (Å²) in [4.78, 5) is 30.8. The summed E-state index contributed by atoms with van der Waals surface area (Å²) in [6.45, 7) is 12.7. The average Bonchev–Trinajstić information content (AvgIpc) is 3.23. The van der Waals surface area contributed by atoms with Crippen LogP contribution in [-0.2, 0) is 9.59 Å². The highest BCUT2D eigenvalue weighted by molar-refractivity contribution is 6.51. The van der Waals surface area contributed by atoms with E-state index in [1.807, 2.05) is 56.3 Å². The van der Waals surface area contributed by atoms with Gasteiger partial charge in [0.25, 0.3) is 11.7 Å². The molecule has 1 N–H and O–H groups in total. The van der Waals surface area contributed by atoms with E-state index >= 15 is 0 Å². The van der Waals surface area contributed by atoms with Gasteiger partial charge in [-0.3, -0.25) is 14.5 Å². The Hall–Kier alpha value is -4.06. The van der Waals surface area contributed by atoms with Crippen molar-refractivity contribution in [1.29, 1.82) is 0 Å². The molecule has 1 heterocycles. The van der Waals surface area contributed by atoms with Gasteiger partial charge in [-0.25, -0.2) is 0 Å². The molecule has 1 aliphatic rings. The molecule has 0 aromatic heterocycles. The maximum atomic E-state index is 13.5. The van der Waals surface area contributed by atoms with Crippen LogP contribution in [0.3, 0.4) is 0 Å². The monoisotopic (exact) mass is 540 g/mol. The van der Waals surface area contributed by atoms with Crippen molar-refractivity contribution in [3.8, 4) is 5.75 Å². The molecule has 40 heavy (non-hydrogen) atoms. The van der Waals surface area contributed by atoms with Crippen LogP contribution in [0, 0.1) is 13.8 Å². The van der Waals surface area contributed by atoms with E-state index in [1.165, 1.54) is 4.90 Å². The van der Waals surface area contributed by atoms with Gasteiger partial charge in [-0.1, -0.05) is 38.0 Å². The number of carbonyl (C=O) groups is 2. The average molecular weight is 541 g/mol. The molecule has 3 aromatic rings. The number of Topliss-reactive ketones (excluding diaryl/α,β-unsaturated/α-hetero) is 1. The fourth-order valence-electron chi connectivity index (χ4n) is 5.15.